The Labute approximate surface area is 182 Å². The van der Waals surface area contributed by atoms with E-state index in [1.165, 1.54) is 9.47 Å². The molecular formula is C21H34N6O4. The van der Waals surface area contributed by atoms with Crippen molar-refractivity contribution in [2.45, 2.75) is 60.5 Å². The van der Waals surface area contributed by atoms with E-state index in [9.17, 15) is 14.4 Å². The molecule has 2 aromatic heterocycles. The lowest BCUT2D eigenvalue weighted by Gasteiger charge is -2.27. The van der Waals surface area contributed by atoms with Crippen molar-refractivity contribution in [2.75, 3.05) is 30.8 Å². The minimum absolute atomic E-state index is 0.0141. The lowest BCUT2D eigenvalue weighted by atomic mass is 10.2. The number of hydrogen-bond donors (Lipinski definition) is 2. The zero-order chi connectivity index (χ0) is 23.3. The van der Waals surface area contributed by atoms with E-state index in [4.69, 9.17) is 10.3 Å². The molecule has 0 aliphatic heterocycles. The van der Waals surface area contributed by atoms with Gasteiger partial charge in [-0.15, -0.1) is 0 Å². The molecule has 2 aromatic rings. The summed E-state index contributed by atoms with van der Waals surface area (Å²) in [6.45, 7) is 10.8. The zero-order valence-electron chi connectivity index (χ0n) is 19.3. The maximum atomic E-state index is 13.2. The van der Waals surface area contributed by atoms with Crippen LogP contribution in [0.2, 0.25) is 0 Å². The first-order valence-corrected chi connectivity index (χ1v) is 10.6. The van der Waals surface area contributed by atoms with Crippen LogP contribution >= 0.6 is 0 Å². The predicted octanol–water partition coefficient (Wildman–Crippen LogP) is 1.64. The minimum Gasteiger partial charge on any atom is -0.383 e. The second kappa shape index (κ2) is 10.4. The number of H-pyrrole nitrogens is 1. The van der Waals surface area contributed by atoms with Crippen LogP contribution in [-0.4, -0.2) is 45.7 Å². The number of hydrogen-bond acceptors (Lipinski definition) is 7. The molecule has 1 amide bonds. The third-order valence-electron chi connectivity index (χ3n) is 5.08. The molecule has 0 aromatic carbocycles. The number of carbonyl (C=O) groups excluding carboxylic acids is 1. The van der Waals surface area contributed by atoms with Gasteiger partial charge in [0, 0.05) is 25.2 Å². The third-order valence-corrected chi connectivity index (χ3v) is 5.08. The Bertz CT molecular complexity index is 1000. The molecule has 10 nitrogen and oxygen atoms in total. The summed E-state index contributed by atoms with van der Waals surface area (Å²) in [5, 5.41) is 3.94. The Morgan fingerprint density at radius 3 is 2.52 bits per heavy atom. The van der Waals surface area contributed by atoms with Crippen LogP contribution < -0.4 is 21.9 Å². The summed E-state index contributed by atoms with van der Waals surface area (Å²) < 4.78 is 6.51. The number of anilines is 2. The van der Waals surface area contributed by atoms with Crippen molar-refractivity contribution in [3.05, 3.63) is 37.9 Å². The van der Waals surface area contributed by atoms with Crippen molar-refractivity contribution in [3.8, 4) is 0 Å². The first-order chi connectivity index (χ1) is 14.6. The summed E-state index contributed by atoms with van der Waals surface area (Å²) in [6.07, 6.45) is 1.53. The lowest BCUT2D eigenvalue weighted by molar-refractivity contribution is -0.119. The van der Waals surface area contributed by atoms with Crippen LogP contribution in [0.15, 0.2) is 14.1 Å². The van der Waals surface area contributed by atoms with Crippen LogP contribution in [0, 0.1) is 19.8 Å². The molecule has 0 atom stereocenters. The molecule has 31 heavy (non-hydrogen) atoms. The largest absolute Gasteiger partial charge is 0.383 e. The fraction of sp³-hybridized carbons (Fsp3) is 0.619. The van der Waals surface area contributed by atoms with Crippen molar-refractivity contribution in [3.63, 3.8) is 0 Å². The van der Waals surface area contributed by atoms with Crippen LogP contribution in [0.5, 0.6) is 0 Å². The summed E-state index contributed by atoms with van der Waals surface area (Å²) in [7, 11) is 1.81. The van der Waals surface area contributed by atoms with Crippen molar-refractivity contribution in [1.82, 2.24) is 19.6 Å². The zero-order valence-corrected chi connectivity index (χ0v) is 19.3. The summed E-state index contributed by atoms with van der Waals surface area (Å²) in [5.41, 5.74) is 6.75. The Morgan fingerprint density at radius 2 is 1.97 bits per heavy atom. The van der Waals surface area contributed by atoms with Gasteiger partial charge in [0.05, 0.1) is 12.2 Å². The Balaban J connectivity index is 2.35. The highest BCUT2D eigenvalue weighted by atomic mass is 16.5. The SMILES string of the molecule is CCCCN(C(=O)CN(C)Cc1c(C)noc1C)c1c(N)n(CC(C)C)c(=O)[nH]c1=O. The highest BCUT2D eigenvalue weighted by molar-refractivity contribution is 5.96. The second-order valence-electron chi connectivity index (χ2n) is 8.37. The molecule has 0 aliphatic carbocycles. The average Bonchev–Trinajstić information content (AvgIpc) is 2.99. The molecule has 172 valence electrons. The summed E-state index contributed by atoms with van der Waals surface area (Å²) in [5.74, 6) is 0.593. The number of nitrogens with zero attached hydrogens (tertiary/aromatic N) is 4. The number of aromatic amines is 1. The maximum absolute atomic E-state index is 13.2. The quantitative estimate of drug-likeness (QED) is 0.581. The highest BCUT2D eigenvalue weighted by Gasteiger charge is 2.25. The molecule has 0 bridgehead atoms. The molecule has 0 saturated carbocycles. The van der Waals surface area contributed by atoms with E-state index >= 15 is 0 Å². The fourth-order valence-corrected chi connectivity index (χ4v) is 3.43. The van der Waals surface area contributed by atoms with Crippen molar-refractivity contribution < 1.29 is 9.32 Å². The number of rotatable bonds is 10. The predicted molar refractivity (Wildman–Crippen MR) is 120 cm³/mol. The van der Waals surface area contributed by atoms with Crippen LogP contribution in [0.4, 0.5) is 11.5 Å². The third kappa shape index (κ3) is 5.84. The summed E-state index contributed by atoms with van der Waals surface area (Å²) in [6, 6.07) is 0. The highest BCUT2D eigenvalue weighted by Crippen LogP contribution is 2.20. The van der Waals surface area contributed by atoms with E-state index in [0.717, 1.165) is 17.7 Å². The van der Waals surface area contributed by atoms with E-state index in [2.05, 4.69) is 10.1 Å². The van der Waals surface area contributed by atoms with E-state index in [1.54, 1.807) is 0 Å². The van der Waals surface area contributed by atoms with Gasteiger partial charge in [-0.2, -0.15) is 0 Å². The minimum atomic E-state index is -0.652. The molecule has 0 fully saturated rings. The monoisotopic (exact) mass is 434 g/mol. The Hall–Kier alpha value is -2.88. The van der Waals surface area contributed by atoms with Crippen LogP contribution in [-0.2, 0) is 17.9 Å². The van der Waals surface area contributed by atoms with Gasteiger partial charge in [-0.25, -0.2) is 4.79 Å². The molecule has 0 saturated heterocycles. The van der Waals surface area contributed by atoms with Crippen LogP contribution in [0.1, 0.15) is 50.6 Å². The smallest absolute Gasteiger partial charge is 0.330 e. The summed E-state index contributed by atoms with van der Waals surface area (Å²) >= 11 is 0. The molecular weight excluding hydrogens is 400 g/mol. The first-order valence-electron chi connectivity index (χ1n) is 10.6. The second-order valence-corrected chi connectivity index (χ2v) is 8.37. The average molecular weight is 435 g/mol. The molecule has 2 heterocycles. The van der Waals surface area contributed by atoms with Gasteiger partial charge in [0.2, 0.25) is 5.91 Å². The van der Waals surface area contributed by atoms with Crippen molar-refractivity contribution in [1.29, 1.82) is 0 Å². The molecule has 0 radical (unpaired) electrons. The number of nitrogens with one attached hydrogen (secondary N) is 1. The molecule has 0 unspecified atom stereocenters. The van der Waals surface area contributed by atoms with E-state index in [-0.39, 0.29) is 29.9 Å². The lowest BCUT2D eigenvalue weighted by Crippen LogP contribution is -2.45. The topological polar surface area (TPSA) is 130 Å². The molecule has 3 N–H and O–H groups in total. The molecule has 2 rings (SSSR count). The Kier molecular flexibility index (Phi) is 8.21. The first kappa shape index (κ1) is 24.4. The number of unbranched alkanes of at least 4 members (excludes halogenated alkanes) is 1. The van der Waals surface area contributed by atoms with Gasteiger partial charge in [0.15, 0.2) is 5.69 Å². The van der Waals surface area contributed by atoms with Crippen molar-refractivity contribution in [2.24, 2.45) is 5.92 Å². The van der Waals surface area contributed by atoms with Crippen LogP contribution in [0.3, 0.4) is 0 Å². The number of nitrogens with two attached hydrogens (primary N) is 1. The molecule has 0 aliphatic rings. The number of aromatic nitrogens is 3. The Morgan fingerprint density at radius 1 is 1.29 bits per heavy atom. The van der Waals surface area contributed by atoms with Gasteiger partial charge < -0.3 is 15.2 Å². The number of aryl methyl sites for hydroxylation is 2. The number of likely N-dealkylation sites (N-methyl/N-ethyl adjacent to an activating group) is 1. The fourth-order valence-electron chi connectivity index (χ4n) is 3.43. The number of nitrogen functional groups attached to an aromatic ring is 1. The normalized spacial score (nSPS) is 11.5. The van der Waals surface area contributed by atoms with E-state index < -0.39 is 11.2 Å². The van der Waals surface area contributed by atoms with Gasteiger partial charge in [0.25, 0.3) is 5.56 Å². The maximum Gasteiger partial charge on any atom is 0.330 e. The standard InChI is InChI=1S/C21H34N6O4/c1-7-8-9-26(17(28)12-25(6)11-16-14(4)24-31-15(16)5)18-19(22)27(10-13(2)3)21(30)23-20(18)29/h13H,7-12,22H2,1-6H3,(H,23,29,30). The van der Waals surface area contributed by atoms with Gasteiger partial charge in [0.1, 0.15) is 11.6 Å². The molecule has 0 spiro atoms. The van der Waals surface area contributed by atoms with Gasteiger partial charge in [-0.1, -0.05) is 32.3 Å². The van der Waals surface area contributed by atoms with Gasteiger partial charge >= 0.3 is 5.69 Å². The summed E-state index contributed by atoms with van der Waals surface area (Å²) in [4.78, 5) is 43.7. The van der Waals surface area contributed by atoms with Crippen LogP contribution in [0.25, 0.3) is 0 Å². The molecule has 10 heteroatoms. The van der Waals surface area contributed by atoms with Crippen molar-refractivity contribution >= 4 is 17.4 Å². The van der Waals surface area contributed by atoms with E-state index in [0.29, 0.717) is 31.8 Å². The number of amides is 1. The van der Waals surface area contributed by atoms with Gasteiger partial charge in [-0.3, -0.25) is 24.0 Å². The van der Waals surface area contributed by atoms with E-state index in [1.807, 2.05) is 46.6 Å². The van der Waals surface area contributed by atoms with Gasteiger partial charge in [-0.05, 0) is 33.2 Å². The number of carbonyl (C=O) groups is 1.